The molecule has 5 nitrogen and oxygen atoms in total. The first-order chi connectivity index (χ1) is 12.9. The third-order valence-electron chi connectivity index (χ3n) is 5.02. The van der Waals surface area contributed by atoms with Crippen molar-refractivity contribution in [3.8, 4) is 0 Å². The monoisotopic (exact) mass is 375 g/mol. The van der Waals surface area contributed by atoms with Gasteiger partial charge in [0.05, 0.1) is 5.69 Å². The van der Waals surface area contributed by atoms with E-state index in [2.05, 4.69) is 20.0 Å². The number of hydrogen-bond donors (Lipinski definition) is 0. The van der Waals surface area contributed by atoms with Crippen LogP contribution in [-0.4, -0.2) is 37.6 Å². The third kappa shape index (κ3) is 3.80. The van der Waals surface area contributed by atoms with Gasteiger partial charge in [-0.1, -0.05) is 0 Å². The van der Waals surface area contributed by atoms with Crippen molar-refractivity contribution in [2.45, 2.75) is 38.4 Å². The molecule has 8 heteroatoms. The number of aromatic nitrogens is 4. The molecule has 1 fully saturated rings. The van der Waals surface area contributed by atoms with E-state index in [1.807, 2.05) is 12.1 Å². The van der Waals surface area contributed by atoms with Crippen molar-refractivity contribution < 1.29 is 13.2 Å². The minimum absolute atomic E-state index is 0.0278. The number of hydrogen-bond acceptors (Lipinski definition) is 4. The Kier molecular flexibility index (Phi) is 4.59. The van der Waals surface area contributed by atoms with Gasteiger partial charge in [-0.2, -0.15) is 18.3 Å². The lowest BCUT2D eigenvalue weighted by Gasteiger charge is -2.31. The maximum absolute atomic E-state index is 13.5. The van der Waals surface area contributed by atoms with Crippen molar-refractivity contribution in [1.82, 2.24) is 24.5 Å². The van der Waals surface area contributed by atoms with E-state index in [1.54, 1.807) is 25.4 Å². The Bertz CT molecular complexity index is 928. The summed E-state index contributed by atoms with van der Waals surface area (Å²) >= 11 is 0. The van der Waals surface area contributed by atoms with Gasteiger partial charge in [-0.15, -0.1) is 0 Å². The van der Waals surface area contributed by atoms with Gasteiger partial charge in [0.15, 0.2) is 5.65 Å². The SMILES string of the molecule is Cc1cc2nc(C3CCN(Cc4ccncc4)CC3)cc(C(F)(F)F)n2n1. The summed E-state index contributed by atoms with van der Waals surface area (Å²) in [6, 6.07) is 6.73. The number of alkyl halides is 3. The molecule has 0 amide bonds. The molecule has 0 saturated carbocycles. The standard InChI is InChI=1S/C19H20F3N5/c1-13-10-18-24-16(11-17(19(20,21)22)27(18)25-13)15-4-8-26(9-5-15)12-14-2-6-23-7-3-14/h2-3,6-7,10-11,15H,4-5,8-9,12H2,1H3. The summed E-state index contributed by atoms with van der Waals surface area (Å²) in [6.45, 7) is 4.17. The molecule has 0 aliphatic carbocycles. The predicted octanol–water partition coefficient (Wildman–Crippen LogP) is 3.83. The maximum Gasteiger partial charge on any atom is 0.433 e. The first kappa shape index (κ1) is 17.9. The molecule has 3 aromatic heterocycles. The quantitative estimate of drug-likeness (QED) is 0.698. The van der Waals surface area contributed by atoms with E-state index in [0.29, 0.717) is 11.4 Å². The highest BCUT2D eigenvalue weighted by Crippen LogP contribution is 2.34. The van der Waals surface area contributed by atoms with E-state index in [9.17, 15) is 13.2 Å². The number of aryl methyl sites for hydroxylation is 1. The third-order valence-corrected chi connectivity index (χ3v) is 5.02. The van der Waals surface area contributed by atoms with Gasteiger partial charge in [-0.25, -0.2) is 9.50 Å². The first-order valence-electron chi connectivity index (χ1n) is 8.96. The Morgan fingerprint density at radius 1 is 1.11 bits per heavy atom. The summed E-state index contributed by atoms with van der Waals surface area (Å²) in [5.41, 5.74) is 1.74. The molecule has 0 unspecified atom stereocenters. The van der Waals surface area contributed by atoms with Crippen LogP contribution in [0.5, 0.6) is 0 Å². The molecule has 4 heterocycles. The Labute approximate surface area is 154 Å². The number of rotatable bonds is 3. The van der Waals surface area contributed by atoms with Gasteiger partial charge in [0.25, 0.3) is 0 Å². The average Bonchev–Trinajstić information content (AvgIpc) is 3.01. The highest BCUT2D eigenvalue weighted by atomic mass is 19.4. The summed E-state index contributed by atoms with van der Waals surface area (Å²) in [5, 5.41) is 3.95. The highest BCUT2D eigenvalue weighted by Gasteiger charge is 2.36. The fourth-order valence-electron chi connectivity index (χ4n) is 3.65. The minimum atomic E-state index is -4.46. The van der Waals surface area contributed by atoms with Crippen molar-refractivity contribution in [1.29, 1.82) is 0 Å². The van der Waals surface area contributed by atoms with Crippen LogP contribution in [0, 0.1) is 6.92 Å². The van der Waals surface area contributed by atoms with E-state index < -0.39 is 11.9 Å². The van der Waals surface area contributed by atoms with Crippen LogP contribution in [-0.2, 0) is 12.7 Å². The fraction of sp³-hybridized carbons (Fsp3) is 0.421. The molecule has 0 aromatic carbocycles. The zero-order valence-corrected chi connectivity index (χ0v) is 14.9. The normalized spacial score (nSPS) is 16.9. The smallest absolute Gasteiger partial charge is 0.299 e. The number of halogens is 3. The van der Waals surface area contributed by atoms with Gasteiger partial charge in [-0.05, 0) is 56.6 Å². The largest absolute Gasteiger partial charge is 0.433 e. The lowest BCUT2D eigenvalue weighted by atomic mass is 9.92. The van der Waals surface area contributed by atoms with Crippen molar-refractivity contribution in [3.05, 3.63) is 59.3 Å². The Morgan fingerprint density at radius 2 is 1.81 bits per heavy atom. The second-order valence-corrected chi connectivity index (χ2v) is 7.03. The number of fused-ring (bicyclic) bond motifs is 1. The van der Waals surface area contributed by atoms with Crippen LogP contribution in [0.3, 0.4) is 0 Å². The summed E-state index contributed by atoms with van der Waals surface area (Å²) in [5.74, 6) is 0.0278. The molecule has 142 valence electrons. The zero-order chi connectivity index (χ0) is 19.0. The second kappa shape index (κ2) is 6.92. The van der Waals surface area contributed by atoms with E-state index >= 15 is 0 Å². The van der Waals surface area contributed by atoms with E-state index in [-0.39, 0.29) is 11.6 Å². The molecule has 0 N–H and O–H groups in total. The molecule has 0 radical (unpaired) electrons. The van der Waals surface area contributed by atoms with Gasteiger partial charge < -0.3 is 0 Å². The number of piperidine rings is 1. The van der Waals surface area contributed by atoms with Gasteiger partial charge in [0.2, 0.25) is 0 Å². The van der Waals surface area contributed by atoms with E-state index in [4.69, 9.17) is 0 Å². The lowest BCUT2D eigenvalue weighted by molar-refractivity contribution is -0.142. The molecule has 0 bridgehead atoms. The highest BCUT2D eigenvalue weighted by molar-refractivity contribution is 5.42. The van der Waals surface area contributed by atoms with E-state index in [0.717, 1.165) is 37.0 Å². The Morgan fingerprint density at radius 3 is 2.48 bits per heavy atom. The Hall–Kier alpha value is -2.48. The number of likely N-dealkylation sites (tertiary alicyclic amines) is 1. The molecular formula is C19H20F3N5. The molecule has 1 saturated heterocycles. The van der Waals surface area contributed by atoms with Gasteiger partial charge >= 0.3 is 6.18 Å². The molecule has 0 atom stereocenters. The predicted molar refractivity (Wildman–Crippen MR) is 94.2 cm³/mol. The van der Waals surface area contributed by atoms with Crippen molar-refractivity contribution in [2.24, 2.45) is 0 Å². The summed E-state index contributed by atoms with van der Waals surface area (Å²) in [6.07, 6.45) is 0.661. The molecule has 1 aliphatic heterocycles. The summed E-state index contributed by atoms with van der Waals surface area (Å²) < 4.78 is 41.3. The average molecular weight is 375 g/mol. The topological polar surface area (TPSA) is 46.3 Å². The van der Waals surface area contributed by atoms with Gasteiger partial charge in [-0.3, -0.25) is 9.88 Å². The summed E-state index contributed by atoms with van der Waals surface area (Å²) in [7, 11) is 0. The molecule has 1 aliphatic rings. The molecule has 3 aromatic rings. The Balaban J connectivity index is 1.53. The maximum atomic E-state index is 13.5. The van der Waals surface area contributed by atoms with Crippen LogP contribution >= 0.6 is 0 Å². The fourth-order valence-corrected chi connectivity index (χ4v) is 3.65. The molecule has 27 heavy (non-hydrogen) atoms. The van der Waals surface area contributed by atoms with Crippen LogP contribution in [0.1, 0.15) is 41.4 Å². The van der Waals surface area contributed by atoms with Crippen LogP contribution in [0.15, 0.2) is 36.7 Å². The molecule has 0 spiro atoms. The van der Waals surface area contributed by atoms with Crippen LogP contribution in [0.2, 0.25) is 0 Å². The second-order valence-electron chi connectivity index (χ2n) is 7.03. The van der Waals surface area contributed by atoms with Crippen LogP contribution < -0.4 is 0 Å². The summed E-state index contributed by atoms with van der Waals surface area (Å²) in [4.78, 5) is 10.8. The zero-order valence-electron chi connectivity index (χ0n) is 14.9. The lowest BCUT2D eigenvalue weighted by Crippen LogP contribution is -2.33. The van der Waals surface area contributed by atoms with Crippen LogP contribution in [0.4, 0.5) is 13.2 Å². The van der Waals surface area contributed by atoms with E-state index in [1.165, 1.54) is 11.6 Å². The van der Waals surface area contributed by atoms with Gasteiger partial charge in [0, 0.05) is 36.6 Å². The molecular weight excluding hydrogens is 355 g/mol. The van der Waals surface area contributed by atoms with Crippen molar-refractivity contribution >= 4 is 5.65 Å². The molecule has 4 rings (SSSR count). The van der Waals surface area contributed by atoms with Crippen molar-refractivity contribution in [3.63, 3.8) is 0 Å². The van der Waals surface area contributed by atoms with Crippen LogP contribution in [0.25, 0.3) is 5.65 Å². The number of nitrogens with zero attached hydrogens (tertiary/aromatic N) is 5. The van der Waals surface area contributed by atoms with Gasteiger partial charge in [0.1, 0.15) is 5.69 Å². The van der Waals surface area contributed by atoms with Crippen molar-refractivity contribution in [2.75, 3.05) is 13.1 Å². The first-order valence-corrected chi connectivity index (χ1v) is 8.96. The number of pyridine rings is 1. The minimum Gasteiger partial charge on any atom is -0.299 e.